The van der Waals surface area contributed by atoms with Gasteiger partial charge in [-0.1, -0.05) is 24.6 Å². The number of pyridine rings is 1. The second kappa shape index (κ2) is 6.73. The Labute approximate surface area is 124 Å². The molecule has 0 bridgehead atoms. The van der Waals surface area contributed by atoms with E-state index in [2.05, 4.69) is 17.2 Å². The molecular formula is C16H19ClN2O. The molecule has 1 aromatic carbocycles. The van der Waals surface area contributed by atoms with Crippen LogP contribution in [0.2, 0.25) is 5.02 Å². The van der Waals surface area contributed by atoms with Gasteiger partial charge < -0.3 is 10.1 Å². The van der Waals surface area contributed by atoms with E-state index in [1.165, 1.54) is 0 Å². The molecule has 0 aliphatic carbocycles. The topological polar surface area (TPSA) is 34.2 Å². The van der Waals surface area contributed by atoms with Crippen LogP contribution in [0.4, 0.5) is 0 Å². The van der Waals surface area contributed by atoms with Gasteiger partial charge in [0.1, 0.15) is 5.75 Å². The lowest BCUT2D eigenvalue weighted by atomic mass is 10.2. The molecule has 3 nitrogen and oxygen atoms in total. The Balaban J connectivity index is 2.21. The lowest BCUT2D eigenvalue weighted by Gasteiger charge is -2.10. The molecule has 1 heterocycles. The maximum absolute atomic E-state index is 6.18. The number of nitrogens with zero attached hydrogens (tertiary/aromatic N) is 1. The molecule has 2 rings (SSSR count). The maximum Gasteiger partial charge on any atom is 0.219 e. The van der Waals surface area contributed by atoms with Crippen LogP contribution < -0.4 is 10.1 Å². The van der Waals surface area contributed by atoms with Crippen LogP contribution in [0.25, 0.3) is 0 Å². The maximum atomic E-state index is 6.18. The van der Waals surface area contributed by atoms with Crippen molar-refractivity contribution in [3.8, 4) is 11.6 Å². The number of halogens is 1. The van der Waals surface area contributed by atoms with E-state index in [9.17, 15) is 0 Å². The molecule has 1 aromatic heterocycles. The van der Waals surface area contributed by atoms with Gasteiger partial charge in [-0.2, -0.15) is 0 Å². The highest BCUT2D eigenvalue weighted by molar-refractivity contribution is 6.32. The van der Waals surface area contributed by atoms with Gasteiger partial charge in [0.05, 0.1) is 5.02 Å². The van der Waals surface area contributed by atoms with Crippen LogP contribution in [0.1, 0.15) is 23.7 Å². The summed E-state index contributed by atoms with van der Waals surface area (Å²) in [6, 6.07) is 9.70. The standard InChI is InChI=1S/C16H19ClN2O/c1-4-18-10-13-8-12(3)19-16(9-13)20-15-6-5-11(2)7-14(15)17/h5-9,18H,4,10H2,1-3H3. The molecule has 4 heteroatoms. The highest BCUT2D eigenvalue weighted by atomic mass is 35.5. The number of nitrogens with one attached hydrogen (secondary N) is 1. The summed E-state index contributed by atoms with van der Waals surface area (Å²) < 4.78 is 5.79. The Kier molecular flexibility index (Phi) is 4.99. The predicted molar refractivity (Wildman–Crippen MR) is 82.6 cm³/mol. The zero-order chi connectivity index (χ0) is 14.5. The monoisotopic (exact) mass is 290 g/mol. The van der Waals surface area contributed by atoms with Crippen LogP contribution in [-0.2, 0) is 6.54 Å². The highest BCUT2D eigenvalue weighted by Gasteiger charge is 2.06. The summed E-state index contributed by atoms with van der Waals surface area (Å²) >= 11 is 6.18. The fourth-order valence-electron chi connectivity index (χ4n) is 1.93. The minimum Gasteiger partial charge on any atom is -0.437 e. The summed E-state index contributed by atoms with van der Waals surface area (Å²) in [4.78, 5) is 4.39. The molecule has 1 N–H and O–H groups in total. The lowest BCUT2D eigenvalue weighted by molar-refractivity contribution is 0.460. The SMILES string of the molecule is CCNCc1cc(C)nc(Oc2ccc(C)cc2Cl)c1. The molecule has 0 fully saturated rings. The van der Waals surface area contributed by atoms with Gasteiger partial charge in [-0.25, -0.2) is 4.98 Å². The number of aryl methyl sites for hydroxylation is 2. The molecule has 0 atom stereocenters. The van der Waals surface area contributed by atoms with Gasteiger partial charge in [0, 0.05) is 18.3 Å². The first-order valence-electron chi connectivity index (χ1n) is 6.70. The first-order chi connectivity index (χ1) is 9.58. The smallest absolute Gasteiger partial charge is 0.219 e. The Morgan fingerprint density at radius 1 is 1.20 bits per heavy atom. The largest absolute Gasteiger partial charge is 0.437 e. The van der Waals surface area contributed by atoms with Crippen LogP contribution in [-0.4, -0.2) is 11.5 Å². The van der Waals surface area contributed by atoms with Crippen molar-refractivity contribution >= 4 is 11.6 Å². The van der Waals surface area contributed by atoms with Gasteiger partial charge in [0.25, 0.3) is 0 Å². The van der Waals surface area contributed by atoms with E-state index in [1.54, 1.807) is 0 Å². The van der Waals surface area contributed by atoms with Gasteiger partial charge in [0.15, 0.2) is 0 Å². The van der Waals surface area contributed by atoms with Gasteiger partial charge >= 0.3 is 0 Å². The molecule has 0 aliphatic rings. The average Bonchev–Trinajstić information content (AvgIpc) is 2.39. The van der Waals surface area contributed by atoms with Crippen molar-refractivity contribution in [1.82, 2.24) is 10.3 Å². The Hall–Kier alpha value is -1.58. The minimum atomic E-state index is 0.573. The fourth-order valence-corrected chi connectivity index (χ4v) is 2.21. The van der Waals surface area contributed by atoms with E-state index in [4.69, 9.17) is 16.3 Å². The van der Waals surface area contributed by atoms with Crippen LogP contribution in [0.15, 0.2) is 30.3 Å². The van der Waals surface area contributed by atoms with Gasteiger partial charge in [-0.15, -0.1) is 0 Å². The molecule has 106 valence electrons. The molecule has 0 saturated heterocycles. The summed E-state index contributed by atoms with van der Waals surface area (Å²) in [6.07, 6.45) is 0. The third-order valence-electron chi connectivity index (χ3n) is 2.87. The zero-order valence-corrected chi connectivity index (χ0v) is 12.8. The van der Waals surface area contributed by atoms with E-state index < -0.39 is 0 Å². The van der Waals surface area contributed by atoms with Crippen molar-refractivity contribution in [1.29, 1.82) is 0 Å². The average molecular weight is 291 g/mol. The third-order valence-corrected chi connectivity index (χ3v) is 3.17. The predicted octanol–water partition coefficient (Wildman–Crippen LogP) is 4.25. The number of rotatable bonds is 5. The zero-order valence-electron chi connectivity index (χ0n) is 12.0. The summed E-state index contributed by atoms with van der Waals surface area (Å²) in [7, 11) is 0. The van der Waals surface area contributed by atoms with E-state index in [0.29, 0.717) is 16.7 Å². The molecule has 0 aliphatic heterocycles. The van der Waals surface area contributed by atoms with Crippen LogP contribution >= 0.6 is 11.6 Å². The molecule has 0 unspecified atom stereocenters. The normalized spacial score (nSPS) is 10.6. The second-order valence-corrected chi connectivity index (χ2v) is 5.18. The minimum absolute atomic E-state index is 0.573. The Morgan fingerprint density at radius 2 is 2.00 bits per heavy atom. The van der Waals surface area contributed by atoms with E-state index in [1.807, 2.05) is 44.2 Å². The molecular weight excluding hydrogens is 272 g/mol. The Morgan fingerprint density at radius 3 is 2.70 bits per heavy atom. The van der Waals surface area contributed by atoms with E-state index >= 15 is 0 Å². The lowest BCUT2D eigenvalue weighted by Crippen LogP contribution is -2.12. The fraction of sp³-hybridized carbons (Fsp3) is 0.312. The summed E-state index contributed by atoms with van der Waals surface area (Å²) in [5.41, 5.74) is 3.18. The quantitative estimate of drug-likeness (QED) is 0.894. The summed E-state index contributed by atoms with van der Waals surface area (Å²) in [6.45, 7) is 7.77. The van der Waals surface area contributed by atoms with Gasteiger partial charge in [-0.3, -0.25) is 0 Å². The van der Waals surface area contributed by atoms with Crippen LogP contribution in [0, 0.1) is 13.8 Å². The summed E-state index contributed by atoms with van der Waals surface area (Å²) in [5, 5.41) is 3.89. The van der Waals surface area contributed by atoms with Gasteiger partial charge in [-0.05, 0) is 49.7 Å². The Bertz CT molecular complexity index is 599. The van der Waals surface area contributed by atoms with Crippen molar-refractivity contribution in [2.75, 3.05) is 6.54 Å². The molecule has 20 heavy (non-hydrogen) atoms. The van der Waals surface area contributed by atoms with E-state index in [0.717, 1.165) is 29.9 Å². The molecule has 0 radical (unpaired) electrons. The van der Waals surface area contributed by atoms with Crippen molar-refractivity contribution < 1.29 is 4.74 Å². The number of hydrogen-bond acceptors (Lipinski definition) is 3. The first-order valence-corrected chi connectivity index (χ1v) is 7.08. The number of ether oxygens (including phenoxy) is 1. The third kappa shape index (κ3) is 3.95. The van der Waals surface area contributed by atoms with Gasteiger partial charge in [0.2, 0.25) is 5.88 Å². The van der Waals surface area contributed by atoms with Crippen molar-refractivity contribution in [3.63, 3.8) is 0 Å². The van der Waals surface area contributed by atoms with Crippen molar-refractivity contribution in [3.05, 3.63) is 52.2 Å². The second-order valence-electron chi connectivity index (χ2n) is 4.77. The van der Waals surface area contributed by atoms with Crippen LogP contribution in [0.5, 0.6) is 11.6 Å². The molecule has 0 amide bonds. The van der Waals surface area contributed by atoms with Crippen molar-refractivity contribution in [2.45, 2.75) is 27.3 Å². The molecule has 0 spiro atoms. The number of benzene rings is 1. The van der Waals surface area contributed by atoms with E-state index in [-0.39, 0.29) is 0 Å². The molecule has 2 aromatic rings. The first kappa shape index (κ1) is 14.8. The molecule has 0 saturated carbocycles. The summed E-state index contributed by atoms with van der Waals surface area (Å²) in [5.74, 6) is 1.20. The number of aromatic nitrogens is 1. The van der Waals surface area contributed by atoms with Crippen LogP contribution in [0.3, 0.4) is 0 Å². The number of hydrogen-bond donors (Lipinski definition) is 1. The van der Waals surface area contributed by atoms with Crippen molar-refractivity contribution in [2.24, 2.45) is 0 Å². The highest BCUT2D eigenvalue weighted by Crippen LogP contribution is 2.29.